The fraction of sp³-hybridized carbons (Fsp3) is 0.368. The standard InChI is InChI=1S/C19H23N3O6/c1-11(2)9-12(19(26)28-4)20-18(25)17-14(23)10-16(24)22(21-17)13-7-5-6-8-15(13)27-3/h5-8,10-12,23H,9H2,1-4H3,(H,20,25). The number of aromatic hydroxyl groups is 1. The van der Waals surface area contributed by atoms with Crippen molar-refractivity contribution in [2.45, 2.75) is 26.3 Å². The number of ether oxygens (including phenoxy) is 2. The van der Waals surface area contributed by atoms with Crippen LogP contribution in [0.4, 0.5) is 0 Å². The molecule has 1 aromatic carbocycles. The molecular weight excluding hydrogens is 366 g/mol. The molecule has 0 spiro atoms. The number of carbonyl (C=O) groups is 2. The maximum Gasteiger partial charge on any atom is 0.328 e. The summed E-state index contributed by atoms with van der Waals surface area (Å²) < 4.78 is 10.9. The summed E-state index contributed by atoms with van der Waals surface area (Å²) in [4.78, 5) is 36.9. The molecule has 28 heavy (non-hydrogen) atoms. The number of methoxy groups -OCH3 is 2. The third-order valence-corrected chi connectivity index (χ3v) is 3.94. The number of nitrogens with zero attached hydrogens (tertiary/aromatic N) is 2. The highest BCUT2D eigenvalue weighted by Gasteiger charge is 2.26. The lowest BCUT2D eigenvalue weighted by Crippen LogP contribution is -2.43. The Morgan fingerprint density at radius 3 is 2.54 bits per heavy atom. The van der Waals surface area contributed by atoms with Gasteiger partial charge >= 0.3 is 5.97 Å². The highest BCUT2D eigenvalue weighted by molar-refractivity contribution is 5.97. The van der Waals surface area contributed by atoms with Crippen LogP contribution in [0, 0.1) is 5.92 Å². The van der Waals surface area contributed by atoms with Gasteiger partial charge < -0.3 is 19.9 Å². The first-order chi connectivity index (χ1) is 13.3. The van der Waals surface area contributed by atoms with E-state index < -0.39 is 34.9 Å². The van der Waals surface area contributed by atoms with Crippen molar-refractivity contribution in [3.63, 3.8) is 0 Å². The van der Waals surface area contributed by atoms with E-state index in [1.54, 1.807) is 24.3 Å². The van der Waals surface area contributed by atoms with Gasteiger partial charge in [-0.3, -0.25) is 9.59 Å². The highest BCUT2D eigenvalue weighted by atomic mass is 16.5. The van der Waals surface area contributed by atoms with E-state index in [0.717, 1.165) is 10.7 Å². The van der Waals surface area contributed by atoms with Gasteiger partial charge in [-0.2, -0.15) is 9.78 Å². The summed E-state index contributed by atoms with van der Waals surface area (Å²) in [6.45, 7) is 3.78. The van der Waals surface area contributed by atoms with E-state index in [2.05, 4.69) is 10.4 Å². The van der Waals surface area contributed by atoms with E-state index in [1.165, 1.54) is 14.2 Å². The molecule has 1 amide bonds. The van der Waals surface area contributed by atoms with E-state index in [1.807, 2.05) is 13.8 Å². The van der Waals surface area contributed by atoms with Crippen LogP contribution in [0.25, 0.3) is 5.69 Å². The lowest BCUT2D eigenvalue weighted by atomic mass is 10.0. The summed E-state index contributed by atoms with van der Waals surface area (Å²) in [7, 11) is 2.66. The molecular formula is C19H23N3O6. The van der Waals surface area contributed by atoms with E-state index in [4.69, 9.17) is 9.47 Å². The molecule has 1 atom stereocenters. The first-order valence-electron chi connectivity index (χ1n) is 8.63. The predicted octanol–water partition coefficient (Wildman–Crippen LogP) is 1.26. The predicted molar refractivity (Wildman–Crippen MR) is 101 cm³/mol. The average molecular weight is 389 g/mol. The zero-order valence-electron chi connectivity index (χ0n) is 16.1. The summed E-state index contributed by atoms with van der Waals surface area (Å²) >= 11 is 0. The topological polar surface area (TPSA) is 120 Å². The van der Waals surface area contributed by atoms with Gasteiger partial charge in [0.1, 0.15) is 17.5 Å². The van der Waals surface area contributed by atoms with Gasteiger partial charge in [-0.1, -0.05) is 26.0 Å². The van der Waals surface area contributed by atoms with Gasteiger partial charge in [0.2, 0.25) is 0 Å². The summed E-state index contributed by atoms with van der Waals surface area (Å²) in [6.07, 6.45) is 0.339. The Labute approximate surface area is 161 Å². The van der Waals surface area contributed by atoms with Gasteiger partial charge in [-0.15, -0.1) is 0 Å². The molecule has 0 aliphatic carbocycles. The van der Waals surface area contributed by atoms with Gasteiger partial charge in [0.05, 0.1) is 14.2 Å². The normalized spacial score (nSPS) is 11.8. The highest BCUT2D eigenvalue weighted by Crippen LogP contribution is 2.21. The van der Waals surface area contributed by atoms with E-state index >= 15 is 0 Å². The fourth-order valence-corrected chi connectivity index (χ4v) is 2.64. The summed E-state index contributed by atoms with van der Waals surface area (Å²) in [5, 5.41) is 16.5. The quantitative estimate of drug-likeness (QED) is 0.684. The second-order valence-corrected chi connectivity index (χ2v) is 6.48. The molecule has 0 aliphatic rings. The van der Waals surface area contributed by atoms with Crippen LogP contribution in [0.5, 0.6) is 11.5 Å². The Bertz CT molecular complexity index is 922. The molecule has 0 saturated heterocycles. The van der Waals surface area contributed by atoms with Crippen molar-refractivity contribution in [3.8, 4) is 17.2 Å². The second kappa shape index (κ2) is 9.03. The van der Waals surface area contributed by atoms with Crippen LogP contribution in [-0.2, 0) is 9.53 Å². The first-order valence-corrected chi connectivity index (χ1v) is 8.63. The van der Waals surface area contributed by atoms with Gasteiger partial charge in [0, 0.05) is 6.07 Å². The molecule has 1 aromatic heterocycles. The van der Waals surface area contributed by atoms with E-state index in [0.29, 0.717) is 17.9 Å². The molecule has 2 aromatic rings. The summed E-state index contributed by atoms with van der Waals surface area (Å²) in [5.41, 5.74) is -0.746. The Balaban J connectivity index is 2.44. The van der Waals surface area contributed by atoms with Crippen molar-refractivity contribution in [2.75, 3.05) is 14.2 Å². The SMILES string of the molecule is COC(=O)C(CC(C)C)NC(=O)c1nn(-c2ccccc2OC)c(=O)cc1O. The van der Waals surface area contributed by atoms with E-state index in [-0.39, 0.29) is 5.92 Å². The van der Waals surface area contributed by atoms with Gasteiger partial charge in [0.15, 0.2) is 11.4 Å². The summed E-state index contributed by atoms with van der Waals surface area (Å²) in [5.74, 6) is -1.55. The number of hydrogen-bond donors (Lipinski definition) is 2. The van der Waals surface area contributed by atoms with Crippen LogP contribution in [0.1, 0.15) is 30.8 Å². The van der Waals surface area contributed by atoms with Gasteiger partial charge in [-0.05, 0) is 24.5 Å². The number of benzene rings is 1. The Hall–Kier alpha value is -3.36. The molecule has 9 heteroatoms. The molecule has 9 nitrogen and oxygen atoms in total. The van der Waals surface area contributed by atoms with Crippen molar-refractivity contribution in [3.05, 3.63) is 46.4 Å². The molecule has 2 N–H and O–H groups in total. The molecule has 150 valence electrons. The number of aromatic nitrogens is 2. The minimum absolute atomic E-state index is 0.105. The van der Waals surface area contributed by atoms with Crippen LogP contribution in [-0.4, -0.2) is 47.0 Å². The van der Waals surface area contributed by atoms with Crippen LogP contribution in [0.3, 0.4) is 0 Å². The maximum absolute atomic E-state index is 12.6. The minimum Gasteiger partial charge on any atom is -0.505 e. The van der Waals surface area contributed by atoms with Crippen molar-refractivity contribution in [2.24, 2.45) is 5.92 Å². The average Bonchev–Trinajstić information content (AvgIpc) is 2.66. The zero-order chi connectivity index (χ0) is 20.8. The number of carbonyl (C=O) groups excluding carboxylic acids is 2. The van der Waals surface area contributed by atoms with Crippen LogP contribution in [0.15, 0.2) is 35.1 Å². The molecule has 1 unspecified atom stereocenters. The van der Waals surface area contributed by atoms with Crippen molar-refractivity contribution in [1.29, 1.82) is 0 Å². The third-order valence-electron chi connectivity index (χ3n) is 3.94. The number of esters is 1. The molecule has 0 radical (unpaired) electrons. The largest absolute Gasteiger partial charge is 0.505 e. The van der Waals surface area contributed by atoms with Gasteiger partial charge in [-0.25, -0.2) is 4.79 Å². The van der Waals surface area contributed by atoms with Crippen LogP contribution >= 0.6 is 0 Å². The second-order valence-electron chi connectivity index (χ2n) is 6.48. The first kappa shape index (κ1) is 20.9. The minimum atomic E-state index is -0.912. The Morgan fingerprint density at radius 2 is 1.93 bits per heavy atom. The van der Waals surface area contributed by atoms with Crippen LogP contribution in [0.2, 0.25) is 0 Å². The molecule has 0 aliphatic heterocycles. The fourth-order valence-electron chi connectivity index (χ4n) is 2.64. The molecule has 1 heterocycles. The van der Waals surface area contributed by atoms with Crippen molar-refractivity contribution < 1.29 is 24.2 Å². The summed E-state index contributed by atoms with van der Waals surface area (Å²) in [6, 6.07) is 6.58. The lowest BCUT2D eigenvalue weighted by molar-refractivity contribution is -0.143. The number of rotatable bonds is 7. The molecule has 0 saturated carbocycles. The lowest BCUT2D eigenvalue weighted by Gasteiger charge is -2.18. The monoisotopic (exact) mass is 389 g/mol. The molecule has 2 rings (SSSR count). The Kier molecular flexibility index (Phi) is 6.75. The van der Waals surface area contributed by atoms with Crippen LogP contribution < -0.4 is 15.6 Å². The third kappa shape index (κ3) is 4.67. The molecule has 0 bridgehead atoms. The smallest absolute Gasteiger partial charge is 0.328 e. The zero-order valence-corrected chi connectivity index (χ0v) is 16.1. The number of nitrogens with one attached hydrogen (secondary N) is 1. The maximum atomic E-state index is 12.6. The molecule has 0 fully saturated rings. The number of hydrogen-bond acceptors (Lipinski definition) is 7. The number of para-hydroxylation sites is 2. The van der Waals surface area contributed by atoms with Crippen molar-refractivity contribution in [1.82, 2.24) is 15.1 Å². The number of amides is 1. The van der Waals surface area contributed by atoms with Crippen molar-refractivity contribution >= 4 is 11.9 Å². The Morgan fingerprint density at radius 1 is 1.25 bits per heavy atom. The van der Waals surface area contributed by atoms with E-state index in [9.17, 15) is 19.5 Å². The van der Waals surface area contributed by atoms with Gasteiger partial charge in [0.25, 0.3) is 11.5 Å².